The molecule has 6 aromatic rings. The minimum absolute atomic E-state index is 0.00502. The molecule has 0 aliphatic carbocycles. The van der Waals surface area contributed by atoms with Gasteiger partial charge in [-0.2, -0.15) is 72.4 Å². The number of fused-ring (bicyclic) bond motifs is 1. The lowest BCUT2D eigenvalue weighted by molar-refractivity contribution is -0.432. The molecular formula is C36H34N10O19S6. The first-order valence-electron chi connectivity index (χ1n) is 19.2. The molecule has 0 saturated heterocycles. The Hall–Kier alpha value is -6.45. The zero-order valence-electron chi connectivity index (χ0n) is 35.3. The van der Waals surface area contributed by atoms with E-state index in [9.17, 15) is 64.9 Å². The predicted octanol–water partition coefficient (Wildman–Crippen LogP) is 6.47. The number of azo groups is 2. The van der Waals surface area contributed by atoms with Gasteiger partial charge in [0, 0.05) is 34.0 Å². The fraction of sp³-hybridized carbons (Fsp3) is 0.139. The Morgan fingerprint density at radius 1 is 0.563 bits per heavy atom. The molecule has 0 spiro atoms. The summed E-state index contributed by atoms with van der Waals surface area (Å²) in [5.41, 5.74) is -0.0596. The molecule has 9 N–H and O–H groups in total. The van der Waals surface area contributed by atoms with Crippen molar-refractivity contribution in [1.82, 2.24) is 15.0 Å². The van der Waals surface area contributed by atoms with E-state index in [1.165, 1.54) is 60.7 Å². The fourth-order valence-corrected chi connectivity index (χ4v) is 9.13. The number of ether oxygens (including phenoxy) is 1. The van der Waals surface area contributed by atoms with Gasteiger partial charge in [0.1, 0.15) is 26.1 Å². The molecule has 0 amide bonds. The normalized spacial score (nSPS) is 12.7. The van der Waals surface area contributed by atoms with Crippen molar-refractivity contribution < 1.29 is 84.2 Å². The van der Waals surface area contributed by atoms with Crippen molar-refractivity contribution in [2.45, 2.75) is 26.0 Å². The molecule has 0 bridgehead atoms. The Morgan fingerprint density at radius 2 is 1.18 bits per heavy atom. The minimum Gasteiger partial charge on any atom is -0.491 e. The van der Waals surface area contributed by atoms with Crippen LogP contribution < -0.4 is 20.7 Å². The number of nitrogens with zero attached hydrogens (tertiary/aromatic N) is 7. The van der Waals surface area contributed by atoms with Gasteiger partial charge in [-0.3, -0.25) is 22.8 Å². The number of anilines is 5. The van der Waals surface area contributed by atoms with Gasteiger partial charge < -0.3 is 20.7 Å². The largest absolute Gasteiger partial charge is 0.491 e. The van der Waals surface area contributed by atoms with Crippen LogP contribution in [-0.2, 0) is 60.0 Å². The van der Waals surface area contributed by atoms with E-state index in [1.807, 2.05) is 0 Å². The van der Waals surface area contributed by atoms with E-state index < -0.39 is 76.8 Å². The first-order chi connectivity index (χ1) is 33.2. The summed E-state index contributed by atoms with van der Waals surface area (Å²) < 4.78 is 176. The molecule has 0 radical (unpaired) electrons. The van der Waals surface area contributed by atoms with Crippen LogP contribution in [0.15, 0.2) is 131 Å². The topological polar surface area (TPSA) is 444 Å². The third kappa shape index (κ3) is 16.0. The molecule has 29 nitrogen and oxygen atoms in total. The Morgan fingerprint density at radius 3 is 1.83 bits per heavy atom. The van der Waals surface area contributed by atoms with Crippen LogP contribution in [0, 0.1) is 0 Å². The number of aromatic nitrogens is 3. The molecule has 5 aromatic carbocycles. The molecule has 0 fully saturated rings. The van der Waals surface area contributed by atoms with Gasteiger partial charge in [0.15, 0.2) is 0 Å². The number of benzene rings is 5. The standard InChI is InChI=1S/C36H34N10O19S6/c47-64-65-66-25-10-12-32(70(57,58)59)29(20-25)46-44-23-9-11-28(30(18-23)63-14-2-15-67(48,49)50)39-36-41-34(37-13-16-68(51,52)53)40-35(42-36)38-21-5-7-22(8-6-21)43-45-24-17-27-26(33(19-24)71(60,61)62)3-1-4-31(27)69(54,55)56/h1,3-12,17-20,47H,2,13-16H2,(H,48,49,50)(H,51,52,53)(H,54,55,56)(H,57,58,59)(H,60,61,62)(H3,37,38,39,40,41,42). The lowest BCUT2D eigenvalue weighted by atomic mass is 10.1. The summed E-state index contributed by atoms with van der Waals surface area (Å²) >= 11 is 0.456. The Bertz CT molecular complexity index is 3610. The quantitative estimate of drug-likeness (QED) is 0.00828. The van der Waals surface area contributed by atoms with E-state index in [0.717, 1.165) is 30.3 Å². The third-order valence-electron chi connectivity index (χ3n) is 8.80. The maximum atomic E-state index is 12.2. The molecule has 0 aliphatic rings. The lowest BCUT2D eigenvalue weighted by Crippen LogP contribution is -2.17. The monoisotopic (exact) mass is 1100 g/mol. The van der Waals surface area contributed by atoms with Gasteiger partial charge in [0.2, 0.25) is 17.8 Å². The average molecular weight is 1100 g/mol. The number of hydrogen-bond donors (Lipinski definition) is 9. The van der Waals surface area contributed by atoms with E-state index in [2.05, 4.69) is 60.7 Å². The van der Waals surface area contributed by atoms with Crippen molar-refractivity contribution in [3.05, 3.63) is 91.0 Å². The van der Waals surface area contributed by atoms with Crippen LogP contribution >= 0.6 is 12.0 Å². The summed E-state index contributed by atoms with van der Waals surface area (Å²) in [7, 11) is -23.4. The zero-order valence-corrected chi connectivity index (χ0v) is 40.2. The van der Waals surface area contributed by atoms with Crippen LogP contribution in [0.1, 0.15) is 6.42 Å². The summed E-state index contributed by atoms with van der Waals surface area (Å²) in [4.78, 5) is 10.9. The van der Waals surface area contributed by atoms with Gasteiger partial charge >= 0.3 is 0 Å². The minimum atomic E-state index is -4.92. The van der Waals surface area contributed by atoms with Crippen LogP contribution in [0.3, 0.4) is 0 Å². The highest BCUT2D eigenvalue weighted by molar-refractivity contribution is 7.94. The second-order valence-corrected chi connectivity index (χ2v) is 22.0. The van der Waals surface area contributed by atoms with Crippen LogP contribution in [0.25, 0.3) is 10.8 Å². The molecule has 6 rings (SSSR count). The van der Waals surface area contributed by atoms with Gasteiger partial charge in [-0.1, -0.05) is 17.2 Å². The molecule has 0 atom stereocenters. The highest BCUT2D eigenvalue weighted by atomic mass is 32.2. The summed E-state index contributed by atoms with van der Waals surface area (Å²) in [5, 5.41) is 35.9. The summed E-state index contributed by atoms with van der Waals surface area (Å²) in [6.45, 7) is -0.689. The maximum absolute atomic E-state index is 12.2. The molecule has 35 heteroatoms. The highest BCUT2D eigenvalue weighted by Gasteiger charge is 2.22. The van der Waals surface area contributed by atoms with Crippen molar-refractivity contribution in [2.75, 3.05) is 40.6 Å². The third-order valence-corrected chi connectivity index (χ3v) is 13.6. The SMILES string of the molecule is O=S(=O)(O)CCCOc1cc(N=Nc2cc(SOOO)ccc2S(=O)(=O)O)ccc1Nc1nc(NCCS(=O)(=O)O)nc(Nc2ccc(N=Nc3cc(S(=O)(=O)O)c4cccc(S(=O)(=O)O)c4c3)cc2)n1. The van der Waals surface area contributed by atoms with Gasteiger partial charge in [-0.05, 0) is 79.2 Å². The van der Waals surface area contributed by atoms with Gasteiger partial charge in [0.25, 0.3) is 50.6 Å². The van der Waals surface area contributed by atoms with E-state index in [4.69, 9.17) is 9.99 Å². The van der Waals surface area contributed by atoms with Crippen molar-refractivity contribution in [2.24, 2.45) is 20.5 Å². The first-order valence-corrected chi connectivity index (χ1v) is 27.4. The van der Waals surface area contributed by atoms with Crippen molar-refractivity contribution >= 4 is 125 Å². The van der Waals surface area contributed by atoms with Gasteiger partial charge in [0.05, 0.1) is 52.9 Å². The smallest absolute Gasteiger partial charge is 0.296 e. The number of nitrogens with one attached hydrogen (secondary N) is 3. The molecule has 0 unspecified atom stereocenters. The van der Waals surface area contributed by atoms with Gasteiger partial charge in [-0.15, -0.1) is 9.45 Å². The number of hydrogen-bond acceptors (Lipinski definition) is 25. The van der Waals surface area contributed by atoms with Crippen molar-refractivity contribution in [3.8, 4) is 5.75 Å². The first kappa shape index (κ1) is 53.9. The molecule has 0 saturated carbocycles. The second kappa shape index (κ2) is 22.3. The Labute approximate surface area is 406 Å². The molecule has 1 aromatic heterocycles. The number of rotatable bonds is 23. The molecule has 378 valence electrons. The van der Waals surface area contributed by atoms with E-state index >= 15 is 0 Å². The van der Waals surface area contributed by atoms with Crippen LogP contribution in [0.5, 0.6) is 5.75 Å². The lowest BCUT2D eigenvalue weighted by Gasteiger charge is -2.15. The van der Waals surface area contributed by atoms with E-state index in [-0.39, 0.29) is 87.3 Å². The second-order valence-electron chi connectivity index (χ2n) is 14.0. The van der Waals surface area contributed by atoms with E-state index in [1.54, 1.807) is 0 Å². The summed E-state index contributed by atoms with van der Waals surface area (Å²) in [6, 6.07) is 18.6. The van der Waals surface area contributed by atoms with E-state index in [0.29, 0.717) is 17.7 Å². The van der Waals surface area contributed by atoms with Crippen molar-refractivity contribution in [3.63, 3.8) is 0 Å². The Balaban J connectivity index is 1.30. The fourth-order valence-electron chi connectivity index (χ4n) is 5.87. The molecule has 1 heterocycles. The van der Waals surface area contributed by atoms with Crippen LogP contribution in [0.2, 0.25) is 0 Å². The van der Waals surface area contributed by atoms with Crippen LogP contribution in [0.4, 0.5) is 52.0 Å². The maximum Gasteiger partial charge on any atom is 0.296 e. The zero-order chi connectivity index (χ0) is 51.8. The molecular weight excluding hydrogens is 1070 g/mol. The average Bonchev–Trinajstić information content (AvgIpc) is 3.27. The summed E-state index contributed by atoms with van der Waals surface area (Å²) in [6.07, 6.45) is -0.204. The Kier molecular flexibility index (Phi) is 16.9. The summed E-state index contributed by atoms with van der Waals surface area (Å²) in [5.74, 6) is -2.15. The highest BCUT2D eigenvalue weighted by Crippen LogP contribution is 2.37. The molecule has 0 aliphatic heterocycles. The predicted molar refractivity (Wildman–Crippen MR) is 250 cm³/mol. The van der Waals surface area contributed by atoms with Crippen molar-refractivity contribution in [1.29, 1.82) is 0 Å². The van der Waals surface area contributed by atoms with Gasteiger partial charge in [-0.25, -0.2) is 5.26 Å². The van der Waals surface area contributed by atoms with Crippen LogP contribution in [-0.4, -0.2) is 110 Å². The molecule has 71 heavy (non-hydrogen) atoms.